The van der Waals surface area contributed by atoms with Gasteiger partial charge in [0.25, 0.3) is 0 Å². The summed E-state index contributed by atoms with van der Waals surface area (Å²) in [6.45, 7) is 9.82. The van der Waals surface area contributed by atoms with E-state index in [2.05, 4.69) is 16.0 Å². The Balaban J connectivity index is 1.40. The lowest BCUT2D eigenvalue weighted by Gasteiger charge is -2.46. The molecule has 3 saturated heterocycles. The third-order valence-corrected chi connectivity index (χ3v) is 20.9. The van der Waals surface area contributed by atoms with Gasteiger partial charge in [0.15, 0.2) is 0 Å². The Kier molecular flexibility index (Phi) is 28.2. The normalized spacial score (nSPS) is 26.2. The van der Waals surface area contributed by atoms with Crippen molar-refractivity contribution in [1.82, 2.24) is 60.0 Å². The topological polar surface area (TPSA) is 270 Å². The van der Waals surface area contributed by atoms with Crippen LogP contribution in [0.1, 0.15) is 168 Å². The molecular formula is C69H106ClF3N12O12. The lowest BCUT2D eigenvalue weighted by molar-refractivity contribution is -0.158. The van der Waals surface area contributed by atoms with Crippen LogP contribution < -0.4 is 16.0 Å². The van der Waals surface area contributed by atoms with Crippen molar-refractivity contribution in [1.29, 1.82) is 0 Å². The smallest absolute Gasteiger partial charge is 0.343 e. The van der Waals surface area contributed by atoms with E-state index in [-0.39, 0.29) is 63.3 Å². The zero-order valence-electron chi connectivity index (χ0n) is 59.2. The van der Waals surface area contributed by atoms with E-state index in [9.17, 15) is 56.3 Å². The van der Waals surface area contributed by atoms with E-state index in [4.69, 9.17) is 11.6 Å². The highest BCUT2D eigenvalue weighted by molar-refractivity contribution is 6.31. The van der Waals surface area contributed by atoms with Gasteiger partial charge in [-0.3, -0.25) is 57.5 Å². The Bertz CT molecular complexity index is 3030. The van der Waals surface area contributed by atoms with Crippen molar-refractivity contribution in [3.63, 3.8) is 0 Å². The molecule has 5 aliphatic rings. The fourth-order valence-electron chi connectivity index (χ4n) is 14.2. The summed E-state index contributed by atoms with van der Waals surface area (Å²) < 4.78 is 41.5. The number of hydrogen-bond acceptors (Lipinski definition) is 12. The second-order valence-corrected chi connectivity index (χ2v) is 29.1. The molecule has 1 aromatic carbocycles. The van der Waals surface area contributed by atoms with Crippen LogP contribution in [0.25, 0.3) is 0 Å². The fraction of sp³-hybridized carbons (Fsp3) is 0.739. The van der Waals surface area contributed by atoms with Crippen LogP contribution in [-0.2, 0) is 70.1 Å². The highest BCUT2D eigenvalue weighted by Gasteiger charge is 2.52. The third-order valence-electron chi connectivity index (χ3n) is 20.6. The number of alkyl halides is 3. The van der Waals surface area contributed by atoms with Crippen LogP contribution in [0, 0.1) is 23.7 Å². The maximum absolute atomic E-state index is 15.3. The average molecular weight is 1390 g/mol. The Morgan fingerprint density at radius 3 is 1.82 bits per heavy atom. The zero-order valence-corrected chi connectivity index (χ0v) is 60.0. The second kappa shape index (κ2) is 34.6. The van der Waals surface area contributed by atoms with Crippen LogP contribution in [0.15, 0.2) is 18.2 Å². The summed E-state index contributed by atoms with van der Waals surface area (Å²) in [5.74, 6) is -9.17. The van der Waals surface area contributed by atoms with Crippen LogP contribution in [0.4, 0.5) is 13.2 Å². The number of likely N-dealkylation sites (tertiary alicyclic amines) is 1. The van der Waals surface area contributed by atoms with E-state index in [0.29, 0.717) is 50.8 Å². The SMILES string of the molecule is CC[C@H](C)[C@@H]1NC(=O)[C@H](CC(C)C)N(C)C(=O)C[C@@H](C(=O)N2CCCCC2)N(C)C(=O)[C@H](C(C)C)N(C)C(=O)C2(CCC2)NC(=O)[C@@H]2CCCN2C(=O)[C@H](CCc2ccc(C(F)(F)F)c(Cl)c2)NC(=O)CN(C)C(=O)[C@H](CC2CCCCC2)N(C)C(=O)CN(C)C(=O)CN(C)C1=O. The first-order valence-electron chi connectivity index (χ1n) is 34.7. The van der Waals surface area contributed by atoms with Gasteiger partial charge in [-0.2, -0.15) is 13.2 Å². The number of piperidine rings is 1. The van der Waals surface area contributed by atoms with Crippen LogP contribution in [0.5, 0.6) is 0 Å². The molecule has 1 spiro atoms. The number of fused-ring (bicyclic) bond motifs is 1. The highest BCUT2D eigenvalue weighted by Crippen LogP contribution is 2.38. The Morgan fingerprint density at radius 2 is 1.25 bits per heavy atom. The summed E-state index contributed by atoms with van der Waals surface area (Å²) in [4.78, 5) is 188. The van der Waals surface area contributed by atoms with Gasteiger partial charge in [-0.15, -0.1) is 0 Å². The number of likely N-dealkylation sites (N-methyl/N-ethyl adjacent to an activating group) is 7. The first-order chi connectivity index (χ1) is 45.5. The summed E-state index contributed by atoms with van der Waals surface area (Å²) in [6.07, 6.45) is 2.97. The lowest BCUT2D eigenvalue weighted by atomic mass is 9.75. The Morgan fingerprint density at radius 1 is 0.639 bits per heavy atom. The summed E-state index contributed by atoms with van der Waals surface area (Å²) in [7, 11) is 9.82. The van der Waals surface area contributed by atoms with Gasteiger partial charge in [-0.1, -0.05) is 97.7 Å². The first kappa shape index (κ1) is 78.9. The van der Waals surface area contributed by atoms with Gasteiger partial charge in [0.2, 0.25) is 70.9 Å². The number of nitrogens with zero attached hydrogens (tertiary/aromatic N) is 9. The van der Waals surface area contributed by atoms with Crippen molar-refractivity contribution in [2.24, 2.45) is 23.7 Å². The van der Waals surface area contributed by atoms with E-state index in [0.717, 1.165) is 65.4 Å². The molecule has 6 rings (SSSR count). The van der Waals surface area contributed by atoms with Gasteiger partial charge in [0, 0.05) is 69.0 Å². The molecule has 5 fully saturated rings. The molecular weight excluding hydrogens is 1280 g/mol. The van der Waals surface area contributed by atoms with Gasteiger partial charge in [-0.25, -0.2) is 0 Å². The van der Waals surface area contributed by atoms with E-state index in [1.54, 1.807) is 25.7 Å². The summed E-state index contributed by atoms with van der Waals surface area (Å²) >= 11 is 6.13. The summed E-state index contributed by atoms with van der Waals surface area (Å²) in [5.41, 5.74) is -2.33. The molecule has 2 aliphatic carbocycles. The van der Waals surface area contributed by atoms with Crippen LogP contribution in [0.2, 0.25) is 5.02 Å². The molecule has 0 aromatic heterocycles. The van der Waals surface area contributed by atoms with Gasteiger partial charge in [-0.05, 0) is 118 Å². The number of benzene rings is 1. The predicted molar refractivity (Wildman–Crippen MR) is 357 cm³/mol. The van der Waals surface area contributed by atoms with Crippen molar-refractivity contribution >= 4 is 82.5 Å². The molecule has 24 nitrogen and oxygen atoms in total. The monoisotopic (exact) mass is 1390 g/mol. The number of nitrogens with one attached hydrogen (secondary N) is 3. The van der Waals surface area contributed by atoms with Crippen LogP contribution in [-0.4, -0.2) is 251 Å². The molecule has 12 amide bonds. The summed E-state index contributed by atoms with van der Waals surface area (Å²) in [6, 6.07) is -5.66. The Hall–Kier alpha value is -7.06. The lowest BCUT2D eigenvalue weighted by Crippen LogP contribution is -2.68. The van der Waals surface area contributed by atoms with E-state index in [1.807, 2.05) is 20.8 Å². The molecule has 3 aliphatic heterocycles. The average Bonchev–Trinajstić information content (AvgIpc) is 1.54. The molecule has 1 aromatic rings. The first-order valence-corrected chi connectivity index (χ1v) is 35.1. The van der Waals surface area contributed by atoms with Crippen LogP contribution in [0.3, 0.4) is 0 Å². The Labute approximate surface area is 575 Å². The number of carbonyl (C=O) groups is 12. The minimum Gasteiger partial charge on any atom is -0.343 e. The van der Waals surface area contributed by atoms with Crippen molar-refractivity contribution in [3.8, 4) is 0 Å². The number of rotatable bonds is 11. The summed E-state index contributed by atoms with van der Waals surface area (Å²) in [5, 5.41) is 8.01. The molecule has 3 N–H and O–H groups in total. The number of halogens is 4. The number of aryl methyl sites for hydroxylation is 1. The maximum Gasteiger partial charge on any atom is 0.417 e. The van der Waals surface area contributed by atoms with E-state index in [1.165, 1.54) is 79.9 Å². The van der Waals surface area contributed by atoms with Crippen molar-refractivity contribution < 1.29 is 70.7 Å². The van der Waals surface area contributed by atoms with Gasteiger partial charge < -0.3 is 60.0 Å². The van der Waals surface area contributed by atoms with E-state index < -0.39 is 173 Å². The third kappa shape index (κ3) is 19.9. The zero-order chi connectivity index (χ0) is 72.1. The molecule has 97 heavy (non-hydrogen) atoms. The second-order valence-electron chi connectivity index (χ2n) is 28.7. The minimum absolute atomic E-state index is 0.0190. The van der Waals surface area contributed by atoms with Gasteiger partial charge >= 0.3 is 6.18 Å². The molecule has 28 heteroatoms. The predicted octanol–water partition coefficient (Wildman–Crippen LogP) is 5.11. The molecule has 0 radical (unpaired) electrons. The van der Waals surface area contributed by atoms with Gasteiger partial charge in [0.1, 0.15) is 47.8 Å². The van der Waals surface area contributed by atoms with Crippen molar-refractivity contribution in [2.45, 2.75) is 218 Å². The number of hydrogen-bond donors (Lipinski definition) is 3. The molecule has 8 atom stereocenters. The van der Waals surface area contributed by atoms with Gasteiger partial charge in [0.05, 0.1) is 36.6 Å². The fourth-order valence-corrected chi connectivity index (χ4v) is 14.5. The number of amides is 12. The molecule has 542 valence electrons. The maximum atomic E-state index is 15.3. The number of carbonyl (C=O) groups excluding carboxylic acids is 12. The quantitative estimate of drug-likeness (QED) is 0.261. The molecule has 0 unspecified atom stereocenters. The van der Waals surface area contributed by atoms with Crippen molar-refractivity contribution in [2.75, 3.05) is 88.6 Å². The minimum atomic E-state index is -4.76. The molecule has 3 heterocycles. The highest BCUT2D eigenvalue weighted by atomic mass is 35.5. The largest absolute Gasteiger partial charge is 0.417 e. The molecule has 0 bridgehead atoms. The standard InChI is InChI=1S/C69H106ClF3N12O12/c1-14-44(6)58-65(95)79(9)40-56(88)77(7)41-57(89)81(11)52(37-45-23-17-15-18-24-45)63(93)78(8)39-54(86)74-49(29-27-46-26-28-47(48(70)36-46)69(71,72)73)62(92)85-34-21-25-50(85)61(91)76-68(30-22-31-68)67(97)83(13)59(43(4)5)66(96)82(12)53(64(94)84-32-19-16-20-33-84)38-55(87)80(10)51(35-42(2)3)60(90)75-58/h26,28,36,42-45,49-53,58-59H,14-25,27,29-35,37-41H2,1-13H3,(H,74,86)(H,75,90)(H,76,91)/t44-,49-,50-,51-,52-,53-,58-,59-/m0/s1. The van der Waals surface area contributed by atoms with E-state index >= 15 is 14.4 Å². The molecule has 2 saturated carbocycles. The van der Waals surface area contributed by atoms with Crippen LogP contribution >= 0.6 is 11.6 Å². The van der Waals surface area contributed by atoms with Crippen molar-refractivity contribution in [3.05, 3.63) is 34.3 Å².